The van der Waals surface area contributed by atoms with E-state index < -0.39 is 11.2 Å². The van der Waals surface area contributed by atoms with E-state index in [2.05, 4.69) is 19.2 Å². The molecule has 0 aliphatic carbocycles. The van der Waals surface area contributed by atoms with Gasteiger partial charge in [-0.15, -0.1) is 11.3 Å². The molecular weight excluding hydrogens is 462 g/mol. The molecule has 0 atom stereocenters. The third kappa shape index (κ3) is 4.79. The van der Waals surface area contributed by atoms with Crippen LogP contribution in [0.2, 0.25) is 0 Å². The Labute approximate surface area is 207 Å². The molecule has 8 heteroatoms. The number of hydrogen-bond donors (Lipinski definition) is 1. The third-order valence-electron chi connectivity index (χ3n) is 6.02. The van der Waals surface area contributed by atoms with Crippen LogP contribution < -0.4 is 21.3 Å². The molecule has 4 aromatic rings. The summed E-state index contributed by atoms with van der Waals surface area (Å²) >= 11 is 1.35. The van der Waals surface area contributed by atoms with Crippen LogP contribution in [0.3, 0.4) is 0 Å². The number of aryl methyl sites for hydroxylation is 2. The summed E-state index contributed by atoms with van der Waals surface area (Å²) in [6, 6.07) is 14.4. The first-order chi connectivity index (χ1) is 16.7. The second-order valence-corrected chi connectivity index (χ2v) is 9.93. The standard InChI is InChI=1S/C27H29N3O4S/c1-6-34-22-13-11-21(12-14-22)30-25(32)24-17(4)18(5)35-26(24)29(27(30)33)15-23(31)28-20-9-7-19(8-10-20)16(2)3/h7-14,16H,6,15H2,1-5H3,(H,28,31). The fourth-order valence-electron chi connectivity index (χ4n) is 3.98. The van der Waals surface area contributed by atoms with Crippen LogP contribution in [0.15, 0.2) is 58.1 Å². The SMILES string of the molecule is CCOc1ccc(-n2c(=O)c3c(C)c(C)sc3n(CC(=O)Nc3ccc(C(C)C)cc3)c2=O)cc1. The lowest BCUT2D eigenvalue weighted by molar-refractivity contribution is -0.116. The summed E-state index contributed by atoms with van der Waals surface area (Å²) in [6.45, 7) is 10.2. The van der Waals surface area contributed by atoms with Gasteiger partial charge >= 0.3 is 5.69 Å². The van der Waals surface area contributed by atoms with Gasteiger partial charge in [0.25, 0.3) is 5.56 Å². The van der Waals surface area contributed by atoms with Crippen molar-refractivity contribution in [1.82, 2.24) is 9.13 Å². The van der Waals surface area contributed by atoms with Crippen molar-refractivity contribution in [2.75, 3.05) is 11.9 Å². The maximum atomic E-state index is 13.6. The van der Waals surface area contributed by atoms with E-state index in [1.165, 1.54) is 21.5 Å². The first-order valence-corrected chi connectivity index (χ1v) is 12.4. The number of aromatic nitrogens is 2. The van der Waals surface area contributed by atoms with Crippen LogP contribution >= 0.6 is 11.3 Å². The van der Waals surface area contributed by atoms with Gasteiger partial charge in [0.15, 0.2) is 0 Å². The molecule has 0 spiro atoms. The number of amides is 1. The Morgan fingerprint density at radius 1 is 1.03 bits per heavy atom. The number of anilines is 1. The number of benzene rings is 2. The van der Waals surface area contributed by atoms with Gasteiger partial charge in [-0.2, -0.15) is 0 Å². The molecule has 4 rings (SSSR count). The largest absolute Gasteiger partial charge is 0.494 e. The Balaban J connectivity index is 1.76. The van der Waals surface area contributed by atoms with Gasteiger partial charge in [0.05, 0.1) is 17.7 Å². The molecule has 35 heavy (non-hydrogen) atoms. The van der Waals surface area contributed by atoms with E-state index in [0.29, 0.717) is 39.9 Å². The molecule has 7 nitrogen and oxygen atoms in total. The quantitative estimate of drug-likeness (QED) is 0.395. The van der Waals surface area contributed by atoms with Crippen molar-refractivity contribution in [2.45, 2.75) is 47.1 Å². The highest BCUT2D eigenvalue weighted by Crippen LogP contribution is 2.27. The van der Waals surface area contributed by atoms with Crippen molar-refractivity contribution in [1.29, 1.82) is 0 Å². The first kappa shape index (κ1) is 24.5. The van der Waals surface area contributed by atoms with Crippen LogP contribution in [-0.2, 0) is 11.3 Å². The fourth-order valence-corrected chi connectivity index (χ4v) is 5.12. The lowest BCUT2D eigenvalue weighted by atomic mass is 10.0. The average Bonchev–Trinajstić information content (AvgIpc) is 3.12. The predicted molar refractivity (Wildman–Crippen MR) is 141 cm³/mol. The first-order valence-electron chi connectivity index (χ1n) is 11.6. The van der Waals surface area contributed by atoms with Gasteiger partial charge in [0, 0.05) is 10.6 Å². The van der Waals surface area contributed by atoms with Crippen molar-refractivity contribution in [2.24, 2.45) is 0 Å². The topological polar surface area (TPSA) is 82.3 Å². The Morgan fingerprint density at radius 2 is 1.69 bits per heavy atom. The van der Waals surface area contributed by atoms with Crippen LogP contribution in [-0.4, -0.2) is 21.6 Å². The van der Waals surface area contributed by atoms with Crippen molar-refractivity contribution in [3.05, 3.63) is 85.4 Å². The molecule has 0 unspecified atom stereocenters. The molecule has 0 bridgehead atoms. The number of carbonyl (C=O) groups excluding carboxylic acids is 1. The molecule has 0 saturated heterocycles. The summed E-state index contributed by atoms with van der Waals surface area (Å²) in [6.07, 6.45) is 0. The molecular formula is C27H29N3O4S. The lowest BCUT2D eigenvalue weighted by Gasteiger charge is -2.13. The predicted octanol–water partition coefficient (Wildman–Crippen LogP) is 4.99. The van der Waals surface area contributed by atoms with Crippen LogP contribution in [0.1, 0.15) is 42.7 Å². The maximum Gasteiger partial charge on any atom is 0.337 e. The molecule has 1 N–H and O–H groups in total. The Hall–Kier alpha value is -3.65. The van der Waals surface area contributed by atoms with Gasteiger partial charge in [-0.1, -0.05) is 26.0 Å². The number of thiophene rings is 1. The number of nitrogens with one attached hydrogen (secondary N) is 1. The highest BCUT2D eigenvalue weighted by molar-refractivity contribution is 7.18. The van der Waals surface area contributed by atoms with E-state index in [9.17, 15) is 14.4 Å². The summed E-state index contributed by atoms with van der Waals surface area (Å²) < 4.78 is 7.99. The third-order valence-corrected chi connectivity index (χ3v) is 7.25. The van der Waals surface area contributed by atoms with Gasteiger partial charge in [-0.25, -0.2) is 9.36 Å². The maximum absolute atomic E-state index is 13.6. The molecule has 2 aromatic carbocycles. The van der Waals surface area contributed by atoms with Crippen LogP contribution in [0.25, 0.3) is 15.9 Å². The Bertz CT molecular complexity index is 1490. The van der Waals surface area contributed by atoms with E-state index in [1.807, 2.05) is 45.0 Å². The second-order valence-electron chi connectivity index (χ2n) is 8.72. The average molecular weight is 492 g/mol. The summed E-state index contributed by atoms with van der Waals surface area (Å²) in [4.78, 5) is 41.4. The summed E-state index contributed by atoms with van der Waals surface area (Å²) in [7, 11) is 0. The monoisotopic (exact) mass is 491 g/mol. The van der Waals surface area contributed by atoms with Gasteiger partial charge in [0.2, 0.25) is 5.91 Å². The van der Waals surface area contributed by atoms with Crippen molar-refractivity contribution in [3.63, 3.8) is 0 Å². The van der Waals surface area contributed by atoms with E-state index in [-0.39, 0.29) is 12.5 Å². The second kappa shape index (κ2) is 9.92. The molecule has 2 aromatic heterocycles. The smallest absolute Gasteiger partial charge is 0.337 e. The molecule has 182 valence electrons. The molecule has 0 aliphatic rings. The summed E-state index contributed by atoms with van der Waals surface area (Å²) in [5, 5.41) is 3.32. The number of ether oxygens (including phenoxy) is 1. The normalized spacial score (nSPS) is 11.3. The van der Waals surface area contributed by atoms with E-state index in [1.54, 1.807) is 24.3 Å². The van der Waals surface area contributed by atoms with Crippen molar-refractivity contribution in [3.8, 4) is 11.4 Å². The van der Waals surface area contributed by atoms with Crippen LogP contribution in [0.5, 0.6) is 5.75 Å². The molecule has 0 saturated carbocycles. The minimum absolute atomic E-state index is 0.210. The van der Waals surface area contributed by atoms with Gasteiger partial charge in [-0.3, -0.25) is 14.2 Å². The summed E-state index contributed by atoms with van der Waals surface area (Å²) in [5.41, 5.74) is 2.12. The highest BCUT2D eigenvalue weighted by Gasteiger charge is 2.21. The number of carbonyl (C=O) groups is 1. The lowest BCUT2D eigenvalue weighted by Crippen LogP contribution is -2.40. The van der Waals surface area contributed by atoms with Gasteiger partial charge in [0.1, 0.15) is 17.1 Å². The molecule has 0 radical (unpaired) electrons. The number of rotatable bonds is 7. The van der Waals surface area contributed by atoms with Crippen LogP contribution in [0.4, 0.5) is 5.69 Å². The van der Waals surface area contributed by atoms with E-state index >= 15 is 0 Å². The minimum atomic E-state index is -0.557. The van der Waals surface area contributed by atoms with E-state index in [4.69, 9.17) is 4.74 Å². The number of nitrogens with zero attached hydrogens (tertiary/aromatic N) is 2. The Morgan fingerprint density at radius 3 is 2.29 bits per heavy atom. The fraction of sp³-hybridized carbons (Fsp3) is 0.296. The number of hydrogen-bond acceptors (Lipinski definition) is 5. The molecule has 1 amide bonds. The van der Waals surface area contributed by atoms with Crippen molar-refractivity contribution < 1.29 is 9.53 Å². The van der Waals surface area contributed by atoms with Crippen molar-refractivity contribution >= 4 is 33.1 Å². The zero-order chi connectivity index (χ0) is 25.3. The number of fused-ring (bicyclic) bond motifs is 1. The Kier molecular flexibility index (Phi) is 6.93. The molecule has 2 heterocycles. The molecule has 0 aliphatic heterocycles. The highest BCUT2D eigenvalue weighted by atomic mass is 32.1. The van der Waals surface area contributed by atoms with Crippen LogP contribution in [0, 0.1) is 13.8 Å². The zero-order valence-electron chi connectivity index (χ0n) is 20.5. The van der Waals surface area contributed by atoms with Gasteiger partial charge < -0.3 is 10.1 Å². The van der Waals surface area contributed by atoms with E-state index in [0.717, 1.165) is 15.0 Å². The van der Waals surface area contributed by atoms with Gasteiger partial charge in [-0.05, 0) is 74.2 Å². The zero-order valence-corrected chi connectivity index (χ0v) is 21.4. The summed E-state index contributed by atoms with van der Waals surface area (Å²) in [5.74, 6) is 0.697. The molecule has 0 fully saturated rings. The minimum Gasteiger partial charge on any atom is -0.494 e.